The number of aliphatic carboxylic acids is 1. The molecule has 0 heterocycles. The Balaban J connectivity index is 3.67. The monoisotopic (exact) mass is 332 g/mol. The summed E-state index contributed by atoms with van der Waals surface area (Å²) in [6, 6.07) is 0. The number of unbranched alkanes of at least 4 members (excludes halogenated alkanes) is 8. The fraction of sp³-hybridized carbons (Fsp3) is 0.812. The summed E-state index contributed by atoms with van der Waals surface area (Å²) >= 11 is 0. The molecule has 0 amide bonds. The van der Waals surface area contributed by atoms with Crippen molar-refractivity contribution < 1.29 is 34.4 Å². The van der Waals surface area contributed by atoms with Crippen LogP contribution >= 0.6 is 0 Å². The van der Waals surface area contributed by atoms with E-state index in [9.17, 15) is 19.5 Å². The molecule has 23 heavy (non-hydrogen) atoms. The van der Waals surface area contributed by atoms with Crippen molar-refractivity contribution in [2.75, 3.05) is 0 Å². The SMILES string of the molecule is CCCCCCCCCCCC(=O)OC(=O)C(O)C(O)C(=O)O. The average Bonchev–Trinajstić information content (AvgIpc) is 2.51. The van der Waals surface area contributed by atoms with Gasteiger partial charge in [0.1, 0.15) is 0 Å². The molecular formula is C16H28O7. The van der Waals surface area contributed by atoms with Crippen molar-refractivity contribution in [3.8, 4) is 0 Å². The Morgan fingerprint density at radius 2 is 1.30 bits per heavy atom. The zero-order valence-corrected chi connectivity index (χ0v) is 13.7. The van der Waals surface area contributed by atoms with Gasteiger partial charge >= 0.3 is 17.9 Å². The molecule has 0 aliphatic rings. The number of aliphatic hydroxyl groups is 2. The van der Waals surface area contributed by atoms with E-state index in [4.69, 9.17) is 10.2 Å². The lowest BCUT2D eigenvalue weighted by Crippen LogP contribution is -2.41. The predicted molar refractivity (Wildman–Crippen MR) is 82.6 cm³/mol. The molecule has 0 radical (unpaired) electrons. The molecule has 0 aliphatic carbocycles. The van der Waals surface area contributed by atoms with Gasteiger partial charge in [0.05, 0.1) is 0 Å². The second-order valence-corrected chi connectivity index (χ2v) is 5.60. The molecule has 0 aliphatic heterocycles. The van der Waals surface area contributed by atoms with E-state index in [0.29, 0.717) is 6.42 Å². The minimum atomic E-state index is -2.30. The van der Waals surface area contributed by atoms with Crippen LogP contribution in [0.5, 0.6) is 0 Å². The van der Waals surface area contributed by atoms with Crippen LogP contribution in [0.1, 0.15) is 71.1 Å². The molecule has 0 rings (SSSR count). The molecule has 2 unspecified atom stereocenters. The van der Waals surface area contributed by atoms with Gasteiger partial charge in [-0.1, -0.05) is 58.3 Å². The molecule has 0 aromatic rings. The number of rotatable bonds is 13. The summed E-state index contributed by atoms with van der Waals surface area (Å²) < 4.78 is 4.30. The van der Waals surface area contributed by atoms with Crippen molar-refractivity contribution in [2.24, 2.45) is 0 Å². The number of hydrogen-bond donors (Lipinski definition) is 3. The topological polar surface area (TPSA) is 121 Å². The van der Waals surface area contributed by atoms with Gasteiger partial charge in [0.15, 0.2) is 12.2 Å². The molecule has 0 aromatic carbocycles. The van der Waals surface area contributed by atoms with Crippen molar-refractivity contribution in [1.29, 1.82) is 0 Å². The van der Waals surface area contributed by atoms with Gasteiger partial charge in [-0.15, -0.1) is 0 Å². The van der Waals surface area contributed by atoms with Crippen molar-refractivity contribution >= 4 is 17.9 Å². The molecule has 134 valence electrons. The number of aliphatic hydroxyl groups excluding tert-OH is 2. The summed E-state index contributed by atoms with van der Waals surface area (Å²) in [4.78, 5) is 33.0. The first-order valence-corrected chi connectivity index (χ1v) is 8.23. The lowest BCUT2D eigenvalue weighted by molar-refractivity contribution is -0.175. The number of esters is 2. The Bertz CT molecular complexity index is 367. The molecule has 2 atom stereocenters. The smallest absolute Gasteiger partial charge is 0.346 e. The van der Waals surface area contributed by atoms with E-state index in [2.05, 4.69) is 11.7 Å². The van der Waals surface area contributed by atoms with E-state index in [1.807, 2.05) is 0 Å². The van der Waals surface area contributed by atoms with Crippen LogP contribution in [0.3, 0.4) is 0 Å². The van der Waals surface area contributed by atoms with E-state index in [1.165, 1.54) is 32.1 Å². The van der Waals surface area contributed by atoms with E-state index >= 15 is 0 Å². The summed E-state index contributed by atoms with van der Waals surface area (Å²) in [5.41, 5.74) is 0. The molecule has 0 spiro atoms. The standard InChI is InChI=1S/C16H28O7/c1-2-3-4-5-6-7-8-9-10-11-12(17)23-16(22)14(19)13(18)15(20)21/h13-14,18-19H,2-11H2,1H3,(H,20,21). The van der Waals surface area contributed by atoms with E-state index < -0.39 is 30.1 Å². The first-order valence-electron chi connectivity index (χ1n) is 8.23. The first-order chi connectivity index (χ1) is 10.9. The summed E-state index contributed by atoms with van der Waals surface area (Å²) in [5, 5.41) is 26.6. The fourth-order valence-electron chi connectivity index (χ4n) is 2.07. The molecule has 0 saturated carbocycles. The lowest BCUT2D eigenvalue weighted by Gasteiger charge is -2.12. The summed E-state index contributed by atoms with van der Waals surface area (Å²) in [7, 11) is 0. The number of ether oxygens (including phenoxy) is 1. The van der Waals surface area contributed by atoms with E-state index in [0.717, 1.165) is 19.3 Å². The zero-order valence-electron chi connectivity index (χ0n) is 13.7. The van der Waals surface area contributed by atoms with Crippen molar-refractivity contribution in [3.63, 3.8) is 0 Å². The maximum absolute atomic E-state index is 11.4. The van der Waals surface area contributed by atoms with Gasteiger partial charge < -0.3 is 20.1 Å². The minimum Gasteiger partial charge on any atom is -0.479 e. The molecule has 0 bridgehead atoms. The van der Waals surface area contributed by atoms with Gasteiger partial charge in [0.25, 0.3) is 0 Å². The Labute approximate surface area is 136 Å². The van der Waals surface area contributed by atoms with Crippen LogP contribution in [-0.2, 0) is 19.1 Å². The van der Waals surface area contributed by atoms with Crippen LogP contribution in [0.4, 0.5) is 0 Å². The second kappa shape index (κ2) is 13.0. The average molecular weight is 332 g/mol. The van der Waals surface area contributed by atoms with Gasteiger partial charge in [0.2, 0.25) is 0 Å². The molecule has 7 nitrogen and oxygen atoms in total. The van der Waals surface area contributed by atoms with Gasteiger partial charge in [0, 0.05) is 6.42 Å². The lowest BCUT2D eigenvalue weighted by atomic mass is 10.1. The number of carbonyl (C=O) groups is 3. The van der Waals surface area contributed by atoms with Crippen LogP contribution in [0.2, 0.25) is 0 Å². The molecule has 0 fully saturated rings. The third-order valence-corrected chi connectivity index (χ3v) is 3.49. The highest BCUT2D eigenvalue weighted by Crippen LogP contribution is 2.11. The van der Waals surface area contributed by atoms with E-state index in [1.54, 1.807) is 0 Å². The number of carboxylic acid groups (broad SMARTS) is 1. The number of hydrogen-bond acceptors (Lipinski definition) is 6. The van der Waals surface area contributed by atoms with Crippen molar-refractivity contribution in [3.05, 3.63) is 0 Å². The van der Waals surface area contributed by atoms with Gasteiger partial charge in [-0.3, -0.25) is 4.79 Å². The van der Waals surface area contributed by atoms with Crippen molar-refractivity contribution in [1.82, 2.24) is 0 Å². The highest BCUT2D eigenvalue weighted by Gasteiger charge is 2.32. The number of carboxylic acids is 1. The Hall–Kier alpha value is -1.47. The second-order valence-electron chi connectivity index (χ2n) is 5.60. The van der Waals surface area contributed by atoms with E-state index in [-0.39, 0.29) is 6.42 Å². The highest BCUT2D eigenvalue weighted by atomic mass is 16.6. The largest absolute Gasteiger partial charge is 0.479 e. The van der Waals surface area contributed by atoms with Crippen LogP contribution < -0.4 is 0 Å². The fourth-order valence-corrected chi connectivity index (χ4v) is 2.07. The van der Waals surface area contributed by atoms with Crippen LogP contribution in [-0.4, -0.2) is 45.4 Å². The van der Waals surface area contributed by atoms with Gasteiger partial charge in [-0.05, 0) is 6.42 Å². The quantitative estimate of drug-likeness (QED) is 0.267. The third-order valence-electron chi connectivity index (χ3n) is 3.49. The zero-order chi connectivity index (χ0) is 17.7. The highest BCUT2D eigenvalue weighted by molar-refractivity contribution is 5.91. The molecular weight excluding hydrogens is 304 g/mol. The first kappa shape index (κ1) is 21.5. The molecule has 0 aromatic heterocycles. The number of carbonyl (C=O) groups excluding carboxylic acids is 2. The van der Waals surface area contributed by atoms with Crippen LogP contribution in [0.25, 0.3) is 0 Å². The van der Waals surface area contributed by atoms with Crippen LogP contribution in [0, 0.1) is 0 Å². The Morgan fingerprint density at radius 3 is 1.78 bits per heavy atom. The maximum Gasteiger partial charge on any atom is 0.346 e. The third kappa shape index (κ3) is 10.8. The normalized spacial score (nSPS) is 13.3. The summed E-state index contributed by atoms with van der Waals surface area (Å²) in [6.07, 6.45) is 5.15. The molecule has 3 N–H and O–H groups in total. The summed E-state index contributed by atoms with van der Waals surface area (Å²) in [6.45, 7) is 2.17. The Kier molecular flexibility index (Phi) is 12.2. The molecule has 0 saturated heterocycles. The minimum absolute atomic E-state index is 0.0253. The van der Waals surface area contributed by atoms with Gasteiger partial charge in [-0.25, -0.2) is 9.59 Å². The van der Waals surface area contributed by atoms with Crippen molar-refractivity contribution in [2.45, 2.75) is 83.3 Å². The van der Waals surface area contributed by atoms with Gasteiger partial charge in [-0.2, -0.15) is 0 Å². The van der Waals surface area contributed by atoms with Crippen LogP contribution in [0.15, 0.2) is 0 Å². The predicted octanol–water partition coefficient (Wildman–Crippen LogP) is 1.78. The summed E-state index contributed by atoms with van der Waals surface area (Å²) in [5.74, 6) is -4.03. The molecule has 7 heteroatoms. The Morgan fingerprint density at radius 1 is 0.826 bits per heavy atom. The maximum atomic E-state index is 11.4.